The smallest absolute Gasteiger partial charge is 0.243 e. The molecule has 13 heteroatoms. The topological polar surface area (TPSA) is 134 Å². The van der Waals surface area contributed by atoms with Crippen LogP contribution in [-0.4, -0.2) is 52.6 Å². The predicted molar refractivity (Wildman–Crippen MR) is 132 cm³/mol. The van der Waals surface area contributed by atoms with Crippen molar-refractivity contribution in [2.75, 3.05) is 18.9 Å². The molecule has 0 saturated heterocycles. The van der Waals surface area contributed by atoms with Crippen LogP contribution in [0.3, 0.4) is 0 Å². The van der Waals surface area contributed by atoms with Gasteiger partial charge >= 0.3 is 0 Å². The van der Waals surface area contributed by atoms with Gasteiger partial charge in [-0.05, 0) is 37.1 Å². The lowest BCUT2D eigenvalue weighted by molar-refractivity contribution is 0.391. The second-order valence-electron chi connectivity index (χ2n) is 8.51. The van der Waals surface area contributed by atoms with Gasteiger partial charge in [-0.1, -0.05) is 18.9 Å². The minimum absolute atomic E-state index is 0.0708. The summed E-state index contributed by atoms with van der Waals surface area (Å²) >= 11 is 0. The lowest BCUT2D eigenvalue weighted by Crippen LogP contribution is -2.37. The molecule has 0 radical (unpaired) electrons. The highest BCUT2D eigenvalue weighted by atomic mass is 32.2. The first-order valence-electron chi connectivity index (χ1n) is 11.6. The van der Waals surface area contributed by atoms with Crippen molar-refractivity contribution in [3.8, 4) is 28.8 Å². The summed E-state index contributed by atoms with van der Waals surface area (Å²) in [6.45, 7) is 0. The summed E-state index contributed by atoms with van der Waals surface area (Å²) in [6.07, 6.45) is 6.05. The van der Waals surface area contributed by atoms with Crippen LogP contribution >= 0.6 is 0 Å². The van der Waals surface area contributed by atoms with Crippen LogP contribution in [0.15, 0.2) is 53.4 Å². The van der Waals surface area contributed by atoms with Gasteiger partial charge < -0.3 is 13.9 Å². The molecule has 2 atom stereocenters. The molecule has 0 bridgehead atoms. The van der Waals surface area contributed by atoms with Crippen molar-refractivity contribution >= 4 is 16.0 Å². The average Bonchev–Trinajstić information content (AvgIpc) is 3.58. The van der Waals surface area contributed by atoms with Gasteiger partial charge in [0.15, 0.2) is 11.6 Å². The van der Waals surface area contributed by atoms with Gasteiger partial charge in [0.05, 0.1) is 38.1 Å². The molecule has 5 rings (SSSR count). The molecule has 0 unspecified atom stereocenters. The number of furan rings is 1. The zero-order chi connectivity index (χ0) is 26.0. The Bertz CT molecular complexity index is 1450. The van der Waals surface area contributed by atoms with E-state index < -0.39 is 27.0 Å². The Morgan fingerprint density at radius 3 is 2.38 bits per heavy atom. The van der Waals surface area contributed by atoms with E-state index in [1.807, 2.05) is 0 Å². The van der Waals surface area contributed by atoms with Gasteiger partial charge in [0.2, 0.25) is 21.8 Å². The second-order valence-corrected chi connectivity index (χ2v) is 10.4. The number of hydrogen-bond donors (Lipinski definition) is 1. The number of nitrogens with zero attached hydrogens (tertiary/aromatic N) is 5. The molecular weight excluding hydrogens is 503 g/mol. The summed E-state index contributed by atoms with van der Waals surface area (Å²) in [5.74, 6) is 0.549. The Labute approximate surface area is 212 Å². The first-order chi connectivity index (χ1) is 17.9. The molecule has 11 nitrogen and oxygen atoms in total. The number of methoxy groups -OCH3 is 2. The Balaban J connectivity index is 1.60. The summed E-state index contributed by atoms with van der Waals surface area (Å²) in [7, 11) is -1.04. The van der Waals surface area contributed by atoms with E-state index >= 15 is 0 Å². The van der Waals surface area contributed by atoms with Crippen molar-refractivity contribution in [3.63, 3.8) is 0 Å². The number of ether oxygens (including phenoxy) is 2. The second kappa shape index (κ2) is 10.2. The molecule has 1 fully saturated rings. The molecule has 0 spiro atoms. The molecule has 1 N–H and O–H groups in total. The van der Waals surface area contributed by atoms with E-state index in [-0.39, 0.29) is 11.8 Å². The number of aromatic nitrogens is 5. The van der Waals surface area contributed by atoms with Gasteiger partial charge in [-0.15, -0.1) is 10.2 Å². The largest absolute Gasteiger partial charge is 0.494 e. The van der Waals surface area contributed by atoms with Crippen LogP contribution in [-0.2, 0) is 10.0 Å². The van der Waals surface area contributed by atoms with Crippen molar-refractivity contribution in [3.05, 3.63) is 60.6 Å². The van der Waals surface area contributed by atoms with Crippen LogP contribution in [0.25, 0.3) is 17.3 Å². The molecule has 1 saturated carbocycles. The quantitative estimate of drug-likeness (QED) is 0.361. The SMILES string of the molecule is COc1cccc(OC)c1-n1c(NS(=O)(=O)[C@H]2CCCC[C@@H]2c2ncc(F)cn2)nnc1-c1ccco1. The first kappa shape index (κ1) is 24.7. The number of benzene rings is 1. The van der Waals surface area contributed by atoms with E-state index in [0.29, 0.717) is 48.0 Å². The van der Waals surface area contributed by atoms with Gasteiger partial charge in [0, 0.05) is 5.92 Å². The third-order valence-corrected chi connectivity index (χ3v) is 8.17. The maximum absolute atomic E-state index is 13.8. The van der Waals surface area contributed by atoms with Crippen LogP contribution in [0.1, 0.15) is 37.4 Å². The van der Waals surface area contributed by atoms with E-state index in [4.69, 9.17) is 13.9 Å². The average molecular weight is 529 g/mol. The zero-order valence-corrected chi connectivity index (χ0v) is 21.0. The molecule has 4 aromatic rings. The summed E-state index contributed by atoms with van der Waals surface area (Å²) in [5.41, 5.74) is 0.392. The molecule has 3 heterocycles. The highest BCUT2D eigenvalue weighted by Crippen LogP contribution is 2.40. The molecule has 1 aliphatic carbocycles. The van der Waals surface area contributed by atoms with E-state index in [2.05, 4.69) is 24.9 Å². The molecule has 0 amide bonds. The Morgan fingerprint density at radius 1 is 1.03 bits per heavy atom. The summed E-state index contributed by atoms with van der Waals surface area (Å²) in [4.78, 5) is 8.13. The lowest BCUT2D eigenvalue weighted by atomic mass is 9.88. The Hall–Kier alpha value is -4.00. The third-order valence-electron chi connectivity index (χ3n) is 6.34. The fourth-order valence-corrected chi connectivity index (χ4v) is 6.37. The van der Waals surface area contributed by atoms with Crippen molar-refractivity contribution in [2.24, 2.45) is 0 Å². The van der Waals surface area contributed by atoms with Gasteiger partial charge in [-0.25, -0.2) is 22.8 Å². The number of halogens is 1. The first-order valence-corrected chi connectivity index (χ1v) is 13.2. The number of rotatable bonds is 8. The summed E-state index contributed by atoms with van der Waals surface area (Å²) < 4.78 is 61.8. The molecule has 3 aromatic heterocycles. The van der Waals surface area contributed by atoms with Crippen LogP contribution in [0.2, 0.25) is 0 Å². The molecule has 37 heavy (non-hydrogen) atoms. The Morgan fingerprint density at radius 2 is 1.73 bits per heavy atom. The van der Waals surface area contributed by atoms with Crippen LogP contribution in [0.5, 0.6) is 11.5 Å². The van der Waals surface area contributed by atoms with Gasteiger partial charge in [-0.3, -0.25) is 9.29 Å². The van der Waals surface area contributed by atoms with Crippen molar-refractivity contribution in [1.29, 1.82) is 0 Å². The van der Waals surface area contributed by atoms with Gasteiger partial charge in [0.25, 0.3) is 0 Å². The van der Waals surface area contributed by atoms with Crippen LogP contribution < -0.4 is 14.2 Å². The summed E-state index contributed by atoms with van der Waals surface area (Å²) in [6, 6.07) is 8.55. The predicted octanol–water partition coefficient (Wildman–Crippen LogP) is 3.94. The fraction of sp³-hybridized carbons (Fsp3) is 0.333. The van der Waals surface area contributed by atoms with Crippen LogP contribution in [0.4, 0.5) is 10.3 Å². The molecular formula is C24H25FN6O5S. The minimum Gasteiger partial charge on any atom is -0.494 e. The molecule has 194 valence electrons. The normalized spacial score (nSPS) is 17.9. The lowest BCUT2D eigenvalue weighted by Gasteiger charge is -2.30. The minimum atomic E-state index is -4.03. The summed E-state index contributed by atoms with van der Waals surface area (Å²) in [5, 5.41) is 7.52. The fourth-order valence-electron chi connectivity index (χ4n) is 4.66. The molecule has 1 aliphatic rings. The number of nitrogens with one attached hydrogen (secondary N) is 1. The van der Waals surface area contributed by atoms with E-state index in [9.17, 15) is 12.8 Å². The molecule has 0 aliphatic heterocycles. The van der Waals surface area contributed by atoms with E-state index in [0.717, 1.165) is 18.8 Å². The van der Waals surface area contributed by atoms with E-state index in [1.165, 1.54) is 25.0 Å². The van der Waals surface area contributed by atoms with E-state index in [1.54, 1.807) is 30.3 Å². The number of sulfonamides is 1. The maximum Gasteiger partial charge on any atom is 0.243 e. The Kier molecular flexibility index (Phi) is 6.78. The van der Waals surface area contributed by atoms with Crippen molar-refractivity contribution in [2.45, 2.75) is 36.9 Å². The van der Waals surface area contributed by atoms with Gasteiger partial charge in [-0.2, -0.15) is 0 Å². The number of hydrogen-bond acceptors (Lipinski definition) is 9. The standard InChI is InChI=1S/C24H25FN6O5S/c1-34-17-8-5-9-18(35-2)21(17)31-23(19-10-6-12-36-19)28-29-24(31)30-37(32,33)20-11-4-3-7-16(20)22-26-13-15(25)14-27-22/h5-6,8-10,12-14,16,20H,3-4,7,11H2,1-2H3,(H,29,30)/t16-,20-/m0/s1. The highest BCUT2D eigenvalue weighted by molar-refractivity contribution is 7.93. The maximum atomic E-state index is 13.8. The zero-order valence-electron chi connectivity index (χ0n) is 20.2. The highest BCUT2D eigenvalue weighted by Gasteiger charge is 2.39. The number of anilines is 1. The van der Waals surface area contributed by atoms with Crippen LogP contribution in [0, 0.1) is 5.82 Å². The third kappa shape index (κ3) is 4.73. The monoisotopic (exact) mass is 528 g/mol. The van der Waals surface area contributed by atoms with Crippen molar-refractivity contribution in [1.82, 2.24) is 24.7 Å². The van der Waals surface area contributed by atoms with Crippen molar-refractivity contribution < 1.29 is 26.7 Å². The molecule has 1 aromatic carbocycles. The van der Waals surface area contributed by atoms with Gasteiger partial charge in [0.1, 0.15) is 23.0 Å². The number of para-hydroxylation sites is 1.